The van der Waals surface area contributed by atoms with Gasteiger partial charge in [0.25, 0.3) is 0 Å². The van der Waals surface area contributed by atoms with Crippen LogP contribution in [0.15, 0.2) is 30.9 Å². The third-order valence-corrected chi connectivity index (χ3v) is 5.35. The Balaban J connectivity index is 1.98. The molecular weight excluding hydrogens is 379 g/mol. The van der Waals surface area contributed by atoms with E-state index in [9.17, 15) is 5.11 Å². The number of hydrogen-bond donors (Lipinski definition) is 2. The molecule has 1 aromatic carbocycles. The number of likely N-dealkylation sites (tertiary alicyclic amines) is 1. The molecule has 0 spiro atoms. The zero-order valence-electron chi connectivity index (χ0n) is 13.8. The average molecular weight is 400 g/mol. The third kappa shape index (κ3) is 4.15. The number of aliphatic hydroxyl groups excluding tert-OH is 1. The first-order valence-electron chi connectivity index (χ1n) is 8.25. The molecular formula is C17H21Cl2N4OS+. The van der Waals surface area contributed by atoms with Gasteiger partial charge in [-0.15, -0.1) is 11.7 Å². The van der Waals surface area contributed by atoms with Crippen LogP contribution >= 0.6 is 35.4 Å². The number of piperidine rings is 1. The number of rotatable bonds is 5. The van der Waals surface area contributed by atoms with Gasteiger partial charge in [0.15, 0.2) is 12.5 Å². The Hall–Kier alpha value is -1.18. The number of quaternary nitrogens is 1. The van der Waals surface area contributed by atoms with E-state index in [-0.39, 0.29) is 6.10 Å². The minimum atomic E-state index is -0.252. The second-order valence-corrected chi connectivity index (χ2v) is 7.50. The number of aromatic nitrogens is 3. The molecule has 134 valence electrons. The number of benzene rings is 1. The van der Waals surface area contributed by atoms with Gasteiger partial charge in [-0.25, -0.2) is 0 Å². The Morgan fingerprint density at radius 1 is 1.44 bits per heavy atom. The molecule has 3 rings (SSSR count). The van der Waals surface area contributed by atoms with Gasteiger partial charge >= 0.3 is 0 Å². The van der Waals surface area contributed by atoms with Crippen LogP contribution in [0, 0.1) is 4.77 Å². The molecule has 1 unspecified atom stereocenters. The van der Waals surface area contributed by atoms with Gasteiger partial charge in [-0.2, -0.15) is 4.68 Å². The lowest BCUT2D eigenvalue weighted by Gasteiger charge is -2.26. The maximum Gasteiger partial charge on any atom is 0.203 e. The minimum Gasteiger partial charge on any atom is -0.387 e. The van der Waals surface area contributed by atoms with E-state index >= 15 is 0 Å². The van der Waals surface area contributed by atoms with Crippen molar-refractivity contribution in [3.05, 3.63) is 45.7 Å². The standard InChI is InChI=1S/C17H20Cl2N4OS/c1-2-7-22-16(14-6-5-12(18)9-15(14)19)20-23(17(22)25)11-21-8-3-4-13(24)10-21/h2,5-6,9,13,24H,1,3-4,7-8,10-11H2/p+1/t13-/m1/s1. The second-order valence-electron chi connectivity index (χ2n) is 6.29. The largest absolute Gasteiger partial charge is 0.387 e. The number of halogens is 2. The van der Waals surface area contributed by atoms with E-state index in [1.807, 2.05) is 15.3 Å². The van der Waals surface area contributed by atoms with Gasteiger partial charge in [0, 0.05) is 17.1 Å². The minimum absolute atomic E-state index is 0.252. The van der Waals surface area contributed by atoms with Crippen molar-refractivity contribution in [1.82, 2.24) is 14.3 Å². The highest BCUT2D eigenvalue weighted by Crippen LogP contribution is 2.29. The molecule has 0 amide bonds. The van der Waals surface area contributed by atoms with Crippen molar-refractivity contribution in [2.45, 2.75) is 32.2 Å². The van der Waals surface area contributed by atoms with Gasteiger partial charge in [-0.05, 0) is 43.3 Å². The van der Waals surface area contributed by atoms with Crippen LogP contribution in [0.2, 0.25) is 10.0 Å². The van der Waals surface area contributed by atoms with Crippen molar-refractivity contribution < 1.29 is 10.0 Å². The monoisotopic (exact) mass is 399 g/mol. The number of hydrogen-bond acceptors (Lipinski definition) is 3. The van der Waals surface area contributed by atoms with E-state index in [1.54, 1.807) is 18.2 Å². The summed E-state index contributed by atoms with van der Waals surface area (Å²) < 4.78 is 4.34. The zero-order valence-corrected chi connectivity index (χ0v) is 16.1. The molecule has 8 heteroatoms. The van der Waals surface area contributed by atoms with Crippen LogP contribution in [0.5, 0.6) is 0 Å². The van der Waals surface area contributed by atoms with Crippen LogP contribution < -0.4 is 4.90 Å². The normalized spacial score (nSPS) is 20.6. The third-order valence-electron chi connectivity index (χ3n) is 4.37. The predicted octanol–water partition coefficient (Wildman–Crippen LogP) is 2.57. The molecule has 2 aromatic rings. The topological polar surface area (TPSA) is 47.4 Å². The molecule has 1 saturated heterocycles. The fourth-order valence-electron chi connectivity index (χ4n) is 3.19. The second kappa shape index (κ2) is 8.01. The Labute approximate surface area is 162 Å². The molecule has 2 heterocycles. The summed E-state index contributed by atoms with van der Waals surface area (Å²) in [7, 11) is 0. The molecule has 1 aromatic heterocycles. The van der Waals surface area contributed by atoms with Gasteiger partial charge in [-0.1, -0.05) is 29.3 Å². The molecule has 2 atom stereocenters. The van der Waals surface area contributed by atoms with Gasteiger partial charge in [-0.3, -0.25) is 4.57 Å². The van der Waals surface area contributed by atoms with Crippen molar-refractivity contribution in [2.24, 2.45) is 0 Å². The molecule has 1 aliphatic rings. The fraction of sp³-hybridized carbons (Fsp3) is 0.412. The SMILES string of the molecule is C=CCn1c(-c2ccc(Cl)cc2Cl)nn(C[NH+]2CCC[C@@H](O)C2)c1=S. The Morgan fingerprint density at radius 3 is 2.92 bits per heavy atom. The smallest absolute Gasteiger partial charge is 0.203 e. The van der Waals surface area contributed by atoms with Crippen LogP contribution in [-0.4, -0.2) is 38.6 Å². The molecule has 0 radical (unpaired) electrons. The Kier molecular flexibility index (Phi) is 5.96. The van der Waals surface area contributed by atoms with Gasteiger partial charge in [0.1, 0.15) is 12.6 Å². The van der Waals surface area contributed by atoms with Gasteiger partial charge < -0.3 is 10.0 Å². The molecule has 1 aliphatic heterocycles. The van der Waals surface area contributed by atoms with Crippen molar-refractivity contribution in [2.75, 3.05) is 13.1 Å². The summed E-state index contributed by atoms with van der Waals surface area (Å²) in [4.78, 5) is 1.27. The highest BCUT2D eigenvalue weighted by molar-refractivity contribution is 7.71. The van der Waals surface area contributed by atoms with Gasteiger partial charge in [0.2, 0.25) is 4.77 Å². The molecule has 0 aliphatic carbocycles. The van der Waals surface area contributed by atoms with E-state index in [0.29, 0.717) is 40.4 Å². The van der Waals surface area contributed by atoms with Crippen LogP contribution in [0.25, 0.3) is 11.4 Å². The summed E-state index contributed by atoms with van der Waals surface area (Å²) in [5.41, 5.74) is 0.784. The first-order valence-corrected chi connectivity index (χ1v) is 9.41. The number of nitrogens with one attached hydrogen (secondary N) is 1. The fourth-order valence-corrected chi connectivity index (χ4v) is 3.95. The maximum atomic E-state index is 9.89. The molecule has 0 saturated carbocycles. The molecule has 0 bridgehead atoms. The molecule has 25 heavy (non-hydrogen) atoms. The number of allylic oxidation sites excluding steroid dienone is 1. The van der Waals surface area contributed by atoms with Crippen molar-refractivity contribution in [3.8, 4) is 11.4 Å². The van der Waals surface area contributed by atoms with E-state index in [0.717, 1.165) is 24.9 Å². The van der Waals surface area contributed by atoms with Crippen molar-refractivity contribution in [1.29, 1.82) is 0 Å². The number of aliphatic hydroxyl groups is 1. The lowest BCUT2D eigenvalue weighted by molar-refractivity contribution is -0.931. The van der Waals surface area contributed by atoms with Crippen LogP contribution in [0.4, 0.5) is 0 Å². The molecule has 2 N–H and O–H groups in total. The summed E-state index contributed by atoms with van der Waals surface area (Å²) in [6, 6.07) is 5.34. The summed E-state index contributed by atoms with van der Waals surface area (Å²) in [6.07, 6.45) is 3.41. The Bertz CT molecular complexity index is 833. The van der Waals surface area contributed by atoms with Gasteiger partial charge in [0.05, 0.1) is 11.6 Å². The van der Waals surface area contributed by atoms with Crippen molar-refractivity contribution >= 4 is 35.4 Å². The summed E-state index contributed by atoms with van der Waals surface area (Å²) in [6.45, 7) is 6.70. The highest BCUT2D eigenvalue weighted by atomic mass is 35.5. The highest BCUT2D eigenvalue weighted by Gasteiger charge is 2.23. The first kappa shape index (κ1) is 18.6. The lowest BCUT2D eigenvalue weighted by atomic mass is 10.1. The van der Waals surface area contributed by atoms with Crippen LogP contribution in [0.1, 0.15) is 12.8 Å². The lowest BCUT2D eigenvalue weighted by Crippen LogP contribution is -3.13. The molecule has 1 fully saturated rings. The van der Waals surface area contributed by atoms with E-state index in [4.69, 9.17) is 40.5 Å². The maximum absolute atomic E-state index is 9.89. The van der Waals surface area contributed by atoms with Crippen LogP contribution in [-0.2, 0) is 13.2 Å². The predicted molar refractivity (Wildman–Crippen MR) is 103 cm³/mol. The number of nitrogens with zero attached hydrogens (tertiary/aromatic N) is 3. The average Bonchev–Trinajstić information content (AvgIpc) is 2.85. The van der Waals surface area contributed by atoms with Crippen molar-refractivity contribution in [3.63, 3.8) is 0 Å². The van der Waals surface area contributed by atoms with E-state index in [2.05, 4.69) is 6.58 Å². The zero-order chi connectivity index (χ0) is 18.0. The van der Waals surface area contributed by atoms with E-state index < -0.39 is 0 Å². The van der Waals surface area contributed by atoms with E-state index in [1.165, 1.54) is 4.90 Å². The first-order chi connectivity index (χ1) is 12.0. The summed E-state index contributed by atoms with van der Waals surface area (Å²) >= 11 is 18.0. The quantitative estimate of drug-likeness (QED) is 0.599. The molecule has 5 nitrogen and oxygen atoms in total. The summed E-state index contributed by atoms with van der Waals surface area (Å²) in [5.74, 6) is 0.698. The summed E-state index contributed by atoms with van der Waals surface area (Å²) in [5, 5.41) is 15.7. The Morgan fingerprint density at radius 2 is 2.24 bits per heavy atom. The van der Waals surface area contributed by atoms with Crippen LogP contribution in [0.3, 0.4) is 0 Å².